The summed E-state index contributed by atoms with van der Waals surface area (Å²) in [6.07, 6.45) is 1.90. The first-order valence-electron chi connectivity index (χ1n) is 4.46. The maximum atomic E-state index is 9.66. The quantitative estimate of drug-likeness (QED) is 0.850. The molecule has 0 unspecified atom stereocenters. The van der Waals surface area contributed by atoms with Crippen LogP contribution in [-0.4, -0.2) is 14.5 Å². The van der Waals surface area contributed by atoms with E-state index >= 15 is 0 Å². The summed E-state index contributed by atoms with van der Waals surface area (Å²) in [5.41, 5.74) is 0.733. The molecule has 14 heavy (non-hydrogen) atoms. The largest absolute Gasteiger partial charge is 0.506 e. The summed E-state index contributed by atoms with van der Waals surface area (Å²) in [4.78, 5) is 4.37. The third-order valence-electron chi connectivity index (χ3n) is 2.14. The molecule has 0 spiro atoms. The Labute approximate surface area is 90.5 Å². The number of hydrogen-bond acceptors (Lipinski definition) is 2. The smallest absolute Gasteiger partial charge is 0.142 e. The predicted molar refractivity (Wildman–Crippen MR) is 58.6 cm³/mol. The Bertz CT molecular complexity index is 476. The zero-order chi connectivity index (χ0) is 10.3. The molecule has 2 aromatic rings. The zero-order valence-electron chi connectivity index (χ0n) is 8.03. The molecule has 0 aromatic carbocycles. The van der Waals surface area contributed by atoms with Gasteiger partial charge in [-0.15, -0.1) is 0 Å². The van der Waals surface area contributed by atoms with Gasteiger partial charge in [-0.3, -0.25) is 4.40 Å². The van der Waals surface area contributed by atoms with Crippen molar-refractivity contribution < 1.29 is 5.11 Å². The molecule has 1 N–H and O–H groups in total. The van der Waals surface area contributed by atoms with Crippen molar-refractivity contribution in [3.05, 3.63) is 28.8 Å². The van der Waals surface area contributed by atoms with Crippen LogP contribution in [-0.2, 0) is 0 Å². The van der Waals surface area contributed by atoms with Crippen LogP contribution in [0.25, 0.3) is 5.52 Å². The molecule has 0 saturated heterocycles. The van der Waals surface area contributed by atoms with Crippen molar-refractivity contribution in [2.45, 2.75) is 19.8 Å². The Hall–Kier alpha value is -1.03. The lowest BCUT2D eigenvalue weighted by Crippen LogP contribution is -1.95. The standard InChI is InChI=1S/C10H11BrN2O/c1-6(2)10-12-9(11)8-7(14)4-3-5-13(8)10/h3-6,14H,1-2H3. The molecule has 0 amide bonds. The Balaban J connectivity index is 2.84. The SMILES string of the molecule is CC(C)c1nc(Br)c2c(O)cccn12. The third kappa shape index (κ3) is 1.30. The fraction of sp³-hybridized carbons (Fsp3) is 0.300. The van der Waals surface area contributed by atoms with Gasteiger partial charge >= 0.3 is 0 Å². The van der Waals surface area contributed by atoms with Crippen LogP contribution >= 0.6 is 15.9 Å². The summed E-state index contributed by atoms with van der Waals surface area (Å²) < 4.78 is 2.60. The number of pyridine rings is 1. The van der Waals surface area contributed by atoms with Crippen LogP contribution in [0.3, 0.4) is 0 Å². The maximum absolute atomic E-state index is 9.66. The van der Waals surface area contributed by atoms with Gasteiger partial charge in [0.15, 0.2) is 0 Å². The molecule has 0 aliphatic heterocycles. The van der Waals surface area contributed by atoms with E-state index in [4.69, 9.17) is 0 Å². The van der Waals surface area contributed by atoms with Crippen molar-refractivity contribution in [1.29, 1.82) is 0 Å². The summed E-state index contributed by atoms with van der Waals surface area (Å²) in [6, 6.07) is 3.47. The van der Waals surface area contributed by atoms with Crippen LogP contribution < -0.4 is 0 Å². The highest BCUT2D eigenvalue weighted by Crippen LogP contribution is 2.29. The van der Waals surface area contributed by atoms with Gasteiger partial charge in [0.25, 0.3) is 0 Å². The van der Waals surface area contributed by atoms with E-state index in [-0.39, 0.29) is 5.75 Å². The van der Waals surface area contributed by atoms with E-state index in [0.717, 1.165) is 11.3 Å². The van der Waals surface area contributed by atoms with Crippen LogP contribution in [0.15, 0.2) is 22.9 Å². The van der Waals surface area contributed by atoms with Gasteiger partial charge in [0.2, 0.25) is 0 Å². The third-order valence-corrected chi connectivity index (χ3v) is 2.70. The van der Waals surface area contributed by atoms with Crippen LogP contribution in [0.5, 0.6) is 5.75 Å². The number of nitrogens with zero attached hydrogens (tertiary/aromatic N) is 2. The van der Waals surface area contributed by atoms with Crippen molar-refractivity contribution in [2.75, 3.05) is 0 Å². The van der Waals surface area contributed by atoms with E-state index < -0.39 is 0 Å². The van der Waals surface area contributed by atoms with Crippen LogP contribution in [0.2, 0.25) is 0 Å². The molecule has 0 atom stereocenters. The van der Waals surface area contributed by atoms with Crippen molar-refractivity contribution in [2.24, 2.45) is 0 Å². The Morgan fingerprint density at radius 2 is 2.21 bits per heavy atom. The minimum Gasteiger partial charge on any atom is -0.506 e. The lowest BCUT2D eigenvalue weighted by Gasteiger charge is -2.03. The summed E-state index contributed by atoms with van der Waals surface area (Å²) >= 11 is 3.34. The number of aromatic hydroxyl groups is 1. The van der Waals surface area contributed by atoms with Crippen molar-refractivity contribution in [3.63, 3.8) is 0 Å². The van der Waals surface area contributed by atoms with Gasteiger partial charge in [-0.2, -0.15) is 0 Å². The van der Waals surface area contributed by atoms with Crippen molar-refractivity contribution in [1.82, 2.24) is 9.38 Å². The zero-order valence-corrected chi connectivity index (χ0v) is 9.62. The fourth-order valence-electron chi connectivity index (χ4n) is 1.51. The summed E-state index contributed by atoms with van der Waals surface area (Å²) in [5, 5.41) is 9.66. The maximum Gasteiger partial charge on any atom is 0.142 e. The van der Waals surface area contributed by atoms with Gasteiger partial charge in [-0.05, 0) is 28.1 Å². The van der Waals surface area contributed by atoms with E-state index in [1.807, 2.05) is 16.7 Å². The number of hydrogen-bond donors (Lipinski definition) is 1. The topological polar surface area (TPSA) is 37.5 Å². The molecule has 4 heteroatoms. The summed E-state index contributed by atoms with van der Waals surface area (Å²) in [7, 11) is 0. The first kappa shape index (κ1) is 9.52. The molecule has 0 bridgehead atoms. The van der Waals surface area contributed by atoms with Gasteiger partial charge in [-0.25, -0.2) is 4.98 Å². The number of halogens is 1. The molecule has 74 valence electrons. The Kier molecular flexibility index (Phi) is 2.23. The second-order valence-electron chi connectivity index (χ2n) is 3.53. The fourth-order valence-corrected chi connectivity index (χ4v) is 2.08. The van der Waals surface area contributed by atoms with Gasteiger partial charge in [0.1, 0.15) is 21.7 Å². The first-order valence-corrected chi connectivity index (χ1v) is 5.26. The number of imidazole rings is 1. The minimum absolute atomic E-state index is 0.249. The minimum atomic E-state index is 0.249. The van der Waals surface area contributed by atoms with Gasteiger partial charge in [0.05, 0.1) is 0 Å². The number of rotatable bonds is 1. The average Bonchev–Trinajstić information content (AvgIpc) is 2.45. The highest BCUT2D eigenvalue weighted by atomic mass is 79.9. The average molecular weight is 255 g/mol. The van der Waals surface area contributed by atoms with Gasteiger partial charge < -0.3 is 5.11 Å². The molecule has 2 rings (SSSR count). The molecule has 0 saturated carbocycles. The summed E-state index contributed by atoms with van der Waals surface area (Å²) in [6.45, 7) is 4.15. The summed E-state index contributed by atoms with van der Waals surface area (Å²) in [5.74, 6) is 1.53. The number of aromatic nitrogens is 2. The van der Waals surface area contributed by atoms with Crippen molar-refractivity contribution >= 4 is 21.4 Å². The van der Waals surface area contributed by atoms with E-state index in [9.17, 15) is 5.11 Å². The Morgan fingerprint density at radius 1 is 1.50 bits per heavy atom. The molecule has 2 aromatic heterocycles. The molecule has 3 nitrogen and oxygen atoms in total. The van der Waals surface area contributed by atoms with E-state index in [2.05, 4.69) is 34.8 Å². The molecule has 0 radical (unpaired) electrons. The molecule has 0 fully saturated rings. The molecular formula is C10H11BrN2O. The normalized spacial score (nSPS) is 11.4. The van der Waals surface area contributed by atoms with Crippen LogP contribution in [0, 0.1) is 0 Å². The predicted octanol–water partition coefficient (Wildman–Crippen LogP) is 2.93. The molecule has 0 aliphatic carbocycles. The first-order chi connectivity index (χ1) is 6.61. The highest BCUT2D eigenvalue weighted by molar-refractivity contribution is 9.10. The van der Waals surface area contributed by atoms with E-state index in [1.54, 1.807) is 6.07 Å². The Morgan fingerprint density at radius 3 is 2.86 bits per heavy atom. The molecular weight excluding hydrogens is 244 g/mol. The molecule has 0 aliphatic rings. The highest BCUT2D eigenvalue weighted by Gasteiger charge is 2.13. The number of fused-ring (bicyclic) bond motifs is 1. The van der Waals surface area contributed by atoms with Gasteiger partial charge in [-0.1, -0.05) is 13.8 Å². The monoisotopic (exact) mass is 254 g/mol. The van der Waals surface area contributed by atoms with Crippen molar-refractivity contribution in [3.8, 4) is 5.75 Å². The van der Waals surface area contributed by atoms with Crippen LogP contribution in [0.1, 0.15) is 25.6 Å². The van der Waals surface area contributed by atoms with Crippen LogP contribution in [0.4, 0.5) is 0 Å². The van der Waals surface area contributed by atoms with E-state index in [1.165, 1.54) is 0 Å². The van der Waals surface area contributed by atoms with E-state index in [0.29, 0.717) is 10.5 Å². The second kappa shape index (κ2) is 3.28. The lowest BCUT2D eigenvalue weighted by molar-refractivity contribution is 0.478. The second-order valence-corrected chi connectivity index (χ2v) is 4.28. The molecule has 2 heterocycles. The van der Waals surface area contributed by atoms with Gasteiger partial charge in [0, 0.05) is 12.1 Å². The lowest BCUT2D eigenvalue weighted by atomic mass is 10.2.